The molecular weight excluding hydrogens is 256 g/mol. The topological polar surface area (TPSA) is 80.2 Å². The molecule has 2 heterocycles. The van der Waals surface area contributed by atoms with Crippen LogP contribution in [0.5, 0.6) is 0 Å². The van der Waals surface area contributed by atoms with Crippen LogP contribution in [-0.2, 0) is 4.74 Å². The van der Waals surface area contributed by atoms with Crippen LogP contribution in [0.4, 0.5) is 5.82 Å². The molecule has 1 aliphatic carbocycles. The van der Waals surface area contributed by atoms with Crippen LogP contribution in [0, 0.1) is 5.92 Å². The van der Waals surface area contributed by atoms with E-state index in [1.165, 1.54) is 19.2 Å². The number of anilines is 1. The Morgan fingerprint density at radius 3 is 3.10 bits per heavy atom. The maximum absolute atomic E-state index is 9.87. The number of rotatable bonds is 7. The first-order valence-corrected chi connectivity index (χ1v) is 6.88. The molecule has 0 amide bonds. The Hall–Kier alpha value is -1.79. The lowest BCUT2D eigenvalue weighted by atomic mass is 10.3. The summed E-state index contributed by atoms with van der Waals surface area (Å²) in [5, 5.41) is 13.8. The number of aliphatic hydroxyl groups excluding tert-OH is 1. The second kappa shape index (κ2) is 6.11. The fourth-order valence-corrected chi connectivity index (χ4v) is 1.97. The van der Waals surface area contributed by atoms with Crippen LogP contribution in [0.3, 0.4) is 0 Å². The Labute approximate surface area is 117 Å². The van der Waals surface area contributed by atoms with Gasteiger partial charge in [0.25, 0.3) is 0 Å². The lowest BCUT2D eigenvalue weighted by Crippen LogP contribution is -2.25. The monoisotopic (exact) mass is 274 g/mol. The first-order valence-electron chi connectivity index (χ1n) is 6.88. The number of pyridine rings is 1. The van der Waals surface area contributed by atoms with Crippen LogP contribution in [0.15, 0.2) is 24.7 Å². The minimum absolute atomic E-state index is 0.352. The third kappa shape index (κ3) is 3.40. The number of aliphatic hydroxyl groups is 1. The number of hydrogen-bond donors (Lipinski definition) is 2. The number of nitrogens with zero attached hydrogens (tertiary/aromatic N) is 3. The lowest BCUT2D eigenvalue weighted by molar-refractivity contribution is 0.0386. The number of hydrogen-bond acceptors (Lipinski definition) is 6. The van der Waals surface area contributed by atoms with Gasteiger partial charge < -0.3 is 15.2 Å². The van der Waals surface area contributed by atoms with Crippen LogP contribution in [0.25, 0.3) is 11.0 Å². The van der Waals surface area contributed by atoms with E-state index in [1.807, 2.05) is 12.1 Å². The molecule has 0 aromatic carbocycles. The summed E-state index contributed by atoms with van der Waals surface area (Å²) in [5.74, 6) is 1.40. The van der Waals surface area contributed by atoms with E-state index in [0.29, 0.717) is 30.5 Å². The molecule has 6 nitrogen and oxygen atoms in total. The van der Waals surface area contributed by atoms with E-state index in [1.54, 1.807) is 6.20 Å². The van der Waals surface area contributed by atoms with Crippen LogP contribution in [-0.4, -0.2) is 45.9 Å². The van der Waals surface area contributed by atoms with E-state index in [-0.39, 0.29) is 0 Å². The third-order valence-corrected chi connectivity index (χ3v) is 3.27. The summed E-state index contributed by atoms with van der Waals surface area (Å²) in [7, 11) is 0. The molecule has 3 rings (SSSR count). The largest absolute Gasteiger partial charge is 0.389 e. The molecule has 0 radical (unpaired) electrons. The summed E-state index contributed by atoms with van der Waals surface area (Å²) in [5.41, 5.74) is 0.643. The zero-order valence-electron chi connectivity index (χ0n) is 11.2. The standard InChI is InChI=1S/C14H18N4O2/c19-11(8-20-7-10-3-4-10)6-16-14-12-2-1-5-15-13(12)17-9-18-14/h1-2,5,9-11,19H,3-4,6-8H2,(H,15,16,17,18). The molecule has 0 bridgehead atoms. The molecular formula is C14H18N4O2. The molecule has 1 atom stereocenters. The summed E-state index contributed by atoms with van der Waals surface area (Å²) >= 11 is 0. The van der Waals surface area contributed by atoms with Crippen molar-refractivity contribution in [3.05, 3.63) is 24.7 Å². The number of ether oxygens (including phenoxy) is 1. The van der Waals surface area contributed by atoms with Gasteiger partial charge in [0, 0.05) is 19.3 Å². The van der Waals surface area contributed by atoms with E-state index in [4.69, 9.17) is 4.74 Å². The molecule has 6 heteroatoms. The van der Waals surface area contributed by atoms with E-state index in [9.17, 15) is 5.11 Å². The quantitative estimate of drug-likeness (QED) is 0.790. The fourth-order valence-electron chi connectivity index (χ4n) is 1.97. The second-order valence-electron chi connectivity index (χ2n) is 5.11. The maximum atomic E-state index is 9.87. The molecule has 2 aromatic heterocycles. The molecule has 1 aliphatic rings. The van der Waals surface area contributed by atoms with Crippen molar-refractivity contribution in [2.24, 2.45) is 5.92 Å². The Balaban J connectivity index is 1.53. The van der Waals surface area contributed by atoms with Crippen molar-refractivity contribution in [2.75, 3.05) is 25.1 Å². The highest BCUT2D eigenvalue weighted by atomic mass is 16.5. The second-order valence-corrected chi connectivity index (χ2v) is 5.11. The van der Waals surface area contributed by atoms with Gasteiger partial charge in [-0.05, 0) is 30.9 Å². The van der Waals surface area contributed by atoms with Gasteiger partial charge >= 0.3 is 0 Å². The Morgan fingerprint density at radius 2 is 2.25 bits per heavy atom. The highest BCUT2D eigenvalue weighted by molar-refractivity contribution is 5.85. The van der Waals surface area contributed by atoms with Gasteiger partial charge in [-0.15, -0.1) is 0 Å². The molecule has 2 N–H and O–H groups in total. The van der Waals surface area contributed by atoms with Crippen molar-refractivity contribution in [1.82, 2.24) is 15.0 Å². The molecule has 1 unspecified atom stereocenters. The Kier molecular flexibility index (Phi) is 4.03. The predicted octanol–water partition coefficient (Wildman–Crippen LogP) is 1.22. The minimum Gasteiger partial charge on any atom is -0.389 e. The number of nitrogens with one attached hydrogen (secondary N) is 1. The zero-order valence-corrected chi connectivity index (χ0v) is 11.2. The summed E-state index contributed by atoms with van der Waals surface area (Å²) in [4.78, 5) is 12.4. The maximum Gasteiger partial charge on any atom is 0.164 e. The SMILES string of the molecule is OC(CNc1ncnc2ncccc12)COCC1CC1. The fraction of sp³-hybridized carbons (Fsp3) is 0.500. The first-order chi connectivity index (χ1) is 9.83. The zero-order chi connectivity index (χ0) is 13.8. The third-order valence-electron chi connectivity index (χ3n) is 3.27. The van der Waals surface area contributed by atoms with Crippen molar-refractivity contribution < 1.29 is 9.84 Å². The van der Waals surface area contributed by atoms with Crippen LogP contribution in [0.1, 0.15) is 12.8 Å². The Morgan fingerprint density at radius 1 is 1.35 bits per heavy atom. The van der Waals surface area contributed by atoms with E-state index in [2.05, 4.69) is 20.3 Å². The van der Waals surface area contributed by atoms with Crippen molar-refractivity contribution in [1.29, 1.82) is 0 Å². The van der Waals surface area contributed by atoms with Gasteiger partial charge in [-0.1, -0.05) is 0 Å². The summed E-state index contributed by atoms with van der Waals surface area (Å²) in [6.45, 7) is 1.51. The minimum atomic E-state index is -0.546. The molecule has 2 aromatic rings. The lowest BCUT2D eigenvalue weighted by Gasteiger charge is -2.13. The molecule has 0 aliphatic heterocycles. The van der Waals surface area contributed by atoms with Gasteiger partial charge in [-0.2, -0.15) is 0 Å². The van der Waals surface area contributed by atoms with Crippen LogP contribution >= 0.6 is 0 Å². The highest BCUT2D eigenvalue weighted by Gasteiger charge is 2.21. The van der Waals surface area contributed by atoms with Gasteiger partial charge in [0.2, 0.25) is 0 Å². The van der Waals surface area contributed by atoms with Gasteiger partial charge in [-0.25, -0.2) is 15.0 Å². The predicted molar refractivity (Wildman–Crippen MR) is 75.4 cm³/mol. The molecule has 1 fully saturated rings. The molecule has 0 saturated heterocycles. The van der Waals surface area contributed by atoms with Gasteiger partial charge in [0.15, 0.2) is 5.65 Å². The highest BCUT2D eigenvalue weighted by Crippen LogP contribution is 2.28. The van der Waals surface area contributed by atoms with Crippen molar-refractivity contribution in [3.8, 4) is 0 Å². The van der Waals surface area contributed by atoms with E-state index < -0.39 is 6.10 Å². The van der Waals surface area contributed by atoms with Gasteiger partial charge in [0.05, 0.1) is 18.1 Å². The smallest absolute Gasteiger partial charge is 0.164 e. The number of fused-ring (bicyclic) bond motifs is 1. The molecule has 1 saturated carbocycles. The van der Waals surface area contributed by atoms with Gasteiger partial charge in [0.1, 0.15) is 12.1 Å². The molecule has 106 valence electrons. The summed E-state index contributed by atoms with van der Waals surface area (Å²) in [6.07, 6.45) is 5.13. The average Bonchev–Trinajstić information content (AvgIpc) is 3.29. The van der Waals surface area contributed by atoms with Crippen molar-refractivity contribution in [2.45, 2.75) is 18.9 Å². The normalized spacial score (nSPS) is 16.2. The van der Waals surface area contributed by atoms with Crippen molar-refractivity contribution in [3.63, 3.8) is 0 Å². The van der Waals surface area contributed by atoms with E-state index >= 15 is 0 Å². The number of aromatic nitrogens is 3. The summed E-state index contributed by atoms with van der Waals surface area (Å²) < 4.78 is 5.46. The van der Waals surface area contributed by atoms with Crippen LogP contribution < -0.4 is 5.32 Å². The Bertz CT molecular complexity index is 569. The van der Waals surface area contributed by atoms with Crippen molar-refractivity contribution >= 4 is 16.9 Å². The first kappa shape index (κ1) is 13.2. The molecule has 20 heavy (non-hydrogen) atoms. The summed E-state index contributed by atoms with van der Waals surface area (Å²) in [6, 6.07) is 3.74. The van der Waals surface area contributed by atoms with E-state index in [0.717, 1.165) is 12.0 Å². The van der Waals surface area contributed by atoms with Gasteiger partial charge in [-0.3, -0.25) is 0 Å². The molecule has 0 spiro atoms. The van der Waals surface area contributed by atoms with Crippen LogP contribution in [0.2, 0.25) is 0 Å². The average molecular weight is 274 g/mol.